The second-order valence-corrected chi connectivity index (χ2v) is 8.45. The van der Waals surface area contributed by atoms with Crippen LogP contribution in [0.3, 0.4) is 0 Å². The minimum absolute atomic E-state index is 0.291. The summed E-state index contributed by atoms with van der Waals surface area (Å²) < 4.78 is 0. The highest BCUT2D eigenvalue weighted by molar-refractivity contribution is 5.14. The molecule has 3 nitrogen and oxygen atoms in total. The van der Waals surface area contributed by atoms with Crippen molar-refractivity contribution in [1.82, 2.24) is 10.2 Å². The lowest BCUT2D eigenvalue weighted by molar-refractivity contribution is 0.0938. The Morgan fingerprint density at radius 2 is 1.67 bits per heavy atom. The Labute approximate surface area is 131 Å². The van der Waals surface area contributed by atoms with Gasteiger partial charge < -0.3 is 4.90 Å². The van der Waals surface area contributed by atoms with Crippen LogP contribution in [-0.2, 0) is 0 Å². The van der Waals surface area contributed by atoms with Gasteiger partial charge in [0.25, 0.3) is 0 Å². The molecule has 0 heterocycles. The normalized spacial score (nSPS) is 33.5. The van der Waals surface area contributed by atoms with Gasteiger partial charge in [-0.25, -0.2) is 0 Å². The van der Waals surface area contributed by atoms with Gasteiger partial charge in [0.2, 0.25) is 0 Å². The predicted molar refractivity (Wildman–Crippen MR) is 88.1 cm³/mol. The lowest BCUT2D eigenvalue weighted by atomic mass is 9.75. The van der Waals surface area contributed by atoms with Gasteiger partial charge in [0, 0.05) is 18.1 Å². The summed E-state index contributed by atoms with van der Waals surface area (Å²) in [5.41, 5.74) is 0.240. The summed E-state index contributed by atoms with van der Waals surface area (Å²) in [4.78, 5) is 2.59. The quantitative estimate of drug-likeness (QED) is 0.858. The van der Waals surface area contributed by atoms with E-state index in [0.717, 1.165) is 25.3 Å². The highest BCUT2D eigenvalue weighted by atomic mass is 15.2. The number of hydrogen-bond acceptors (Lipinski definition) is 3. The average molecular weight is 291 g/mol. The first-order valence-corrected chi connectivity index (χ1v) is 8.68. The van der Waals surface area contributed by atoms with Crippen molar-refractivity contribution in [2.24, 2.45) is 5.41 Å². The van der Waals surface area contributed by atoms with Crippen molar-refractivity contribution in [2.75, 3.05) is 7.05 Å². The molecule has 120 valence electrons. The van der Waals surface area contributed by atoms with E-state index in [2.05, 4.69) is 51.0 Å². The first kappa shape index (κ1) is 16.8. The molecule has 2 aliphatic carbocycles. The third-order valence-electron chi connectivity index (χ3n) is 5.73. The summed E-state index contributed by atoms with van der Waals surface area (Å²) >= 11 is 0. The molecule has 3 heteroatoms. The molecular formula is C18H33N3. The molecule has 2 fully saturated rings. The van der Waals surface area contributed by atoms with E-state index in [1.807, 2.05) is 0 Å². The SMILES string of the molecule is CC(C)NC1(C#N)CCC(N(C)C2CCC(C)(C)CC2)C1. The molecule has 2 saturated carbocycles. The zero-order valence-corrected chi connectivity index (χ0v) is 14.6. The van der Waals surface area contributed by atoms with Crippen LogP contribution in [0.5, 0.6) is 0 Å². The Hall–Kier alpha value is -0.590. The topological polar surface area (TPSA) is 39.1 Å². The molecule has 2 aliphatic rings. The van der Waals surface area contributed by atoms with E-state index >= 15 is 0 Å². The van der Waals surface area contributed by atoms with E-state index in [1.54, 1.807) is 0 Å². The Kier molecular flexibility index (Phi) is 5.00. The van der Waals surface area contributed by atoms with E-state index in [0.29, 0.717) is 17.5 Å². The fourth-order valence-corrected chi connectivity index (χ4v) is 4.27. The second kappa shape index (κ2) is 6.26. The molecule has 0 aromatic rings. The van der Waals surface area contributed by atoms with Gasteiger partial charge in [-0.1, -0.05) is 13.8 Å². The van der Waals surface area contributed by atoms with E-state index in [9.17, 15) is 5.26 Å². The third-order valence-corrected chi connectivity index (χ3v) is 5.73. The molecule has 0 saturated heterocycles. The lowest BCUT2D eigenvalue weighted by Gasteiger charge is -2.41. The fourth-order valence-electron chi connectivity index (χ4n) is 4.27. The molecule has 1 N–H and O–H groups in total. The zero-order chi connectivity index (χ0) is 15.7. The van der Waals surface area contributed by atoms with Crippen LogP contribution >= 0.6 is 0 Å². The first-order valence-electron chi connectivity index (χ1n) is 8.68. The Morgan fingerprint density at radius 1 is 1.10 bits per heavy atom. The maximum Gasteiger partial charge on any atom is 0.108 e. The second-order valence-electron chi connectivity index (χ2n) is 8.45. The van der Waals surface area contributed by atoms with Crippen LogP contribution in [-0.4, -0.2) is 35.6 Å². The van der Waals surface area contributed by atoms with Crippen LogP contribution in [0, 0.1) is 16.7 Å². The molecule has 0 bridgehead atoms. The summed E-state index contributed by atoms with van der Waals surface area (Å²) in [6.07, 6.45) is 8.44. The maximum atomic E-state index is 9.61. The van der Waals surface area contributed by atoms with Crippen molar-refractivity contribution in [3.8, 4) is 6.07 Å². The van der Waals surface area contributed by atoms with Crippen LogP contribution in [0.1, 0.15) is 72.6 Å². The van der Waals surface area contributed by atoms with Crippen LogP contribution in [0.2, 0.25) is 0 Å². The molecule has 0 amide bonds. The largest absolute Gasteiger partial charge is 0.300 e. The van der Waals surface area contributed by atoms with E-state index in [1.165, 1.54) is 25.7 Å². The Bertz CT molecular complexity index is 386. The monoisotopic (exact) mass is 291 g/mol. The highest BCUT2D eigenvalue weighted by Crippen LogP contribution is 2.40. The van der Waals surface area contributed by atoms with Gasteiger partial charge in [-0.3, -0.25) is 5.32 Å². The number of rotatable bonds is 4. The summed E-state index contributed by atoms with van der Waals surface area (Å²) in [6, 6.07) is 4.24. The van der Waals surface area contributed by atoms with E-state index in [4.69, 9.17) is 0 Å². The fraction of sp³-hybridized carbons (Fsp3) is 0.944. The molecule has 2 atom stereocenters. The smallest absolute Gasteiger partial charge is 0.108 e. The zero-order valence-electron chi connectivity index (χ0n) is 14.6. The predicted octanol–water partition coefficient (Wildman–Crippen LogP) is 3.70. The maximum absolute atomic E-state index is 9.61. The van der Waals surface area contributed by atoms with E-state index in [-0.39, 0.29) is 5.54 Å². The van der Waals surface area contributed by atoms with E-state index < -0.39 is 0 Å². The van der Waals surface area contributed by atoms with Crippen molar-refractivity contribution < 1.29 is 0 Å². The molecule has 0 aromatic carbocycles. The van der Waals surface area contributed by atoms with Crippen molar-refractivity contribution in [3.63, 3.8) is 0 Å². The number of nitrogens with zero attached hydrogens (tertiary/aromatic N) is 2. The molecule has 2 unspecified atom stereocenters. The van der Waals surface area contributed by atoms with Gasteiger partial charge in [-0.05, 0) is 71.3 Å². The van der Waals surface area contributed by atoms with Crippen molar-refractivity contribution in [3.05, 3.63) is 0 Å². The summed E-state index contributed by atoms with van der Waals surface area (Å²) in [5.74, 6) is 0. The average Bonchev–Trinajstić information content (AvgIpc) is 2.82. The number of hydrogen-bond donors (Lipinski definition) is 1. The molecule has 0 aliphatic heterocycles. The third kappa shape index (κ3) is 3.99. The molecule has 0 aromatic heterocycles. The molecule has 21 heavy (non-hydrogen) atoms. The van der Waals surface area contributed by atoms with Gasteiger partial charge in [0.05, 0.1) is 6.07 Å². The van der Waals surface area contributed by atoms with Crippen molar-refractivity contribution in [1.29, 1.82) is 5.26 Å². The van der Waals surface area contributed by atoms with Crippen molar-refractivity contribution in [2.45, 2.75) is 96.3 Å². The van der Waals surface area contributed by atoms with Gasteiger partial charge in [-0.2, -0.15) is 5.26 Å². The Morgan fingerprint density at radius 3 is 2.19 bits per heavy atom. The molecule has 0 spiro atoms. The molecule has 0 radical (unpaired) electrons. The molecule has 2 rings (SSSR count). The minimum atomic E-state index is -0.291. The van der Waals surface area contributed by atoms with Crippen molar-refractivity contribution >= 4 is 0 Å². The molecular weight excluding hydrogens is 258 g/mol. The minimum Gasteiger partial charge on any atom is -0.300 e. The Balaban J connectivity index is 1.93. The number of nitrogens with one attached hydrogen (secondary N) is 1. The standard InChI is InChI=1S/C18H33N3/c1-14(2)20-18(13-19)11-8-16(12-18)21(5)15-6-9-17(3,4)10-7-15/h14-16,20H,6-12H2,1-5H3. The first-order chi connectivity index (χ1) is 9.77. The summed E-state index contributed by atoms with van der Waals surface area (Å²) in [7, 11) is 2.29. The number of nitriles is 1. The highest BCUT2D eigenvalue weighted by Gasteiger charge is 2.43. The van der Waals surface area contributed by atoms with Crippen LogP contribution in [0.15, 0.2) is 0 Å². The van der Waals surface area contributed by atoms with Gasteiger partial charge in [0.15, 0.2) is 0 Å². The summed E-state index contributed by atoms with van der Waals surface area (Å²) in [6.45, 7) is 9.07. The van der Waals surface area contributed by atoms with Crippen LogP contribution in [0.25, 0.3) is 0 Å². The van der Waals surface area contributed by atoms with Gasteiger partial charge >= 0.3 is 0 Å². The lowest BCUT2D eigenvalue weighted by Crippen LogP contribution is -2.48. The van der Waals surface area contributed by atoms with Crippen LogP contribution < -0.4 is 5.32 Å². The summed E-state index contributed by atoms with van der Waals surface area (Å²) in [5, 5.41) is 13.1. The van der Waals surface area contributed by atoms with Gasteiger partial charge in [-0.15, -0.1) is 0 Å². The van der Waals surface area contributed by atoms with Gasteiger partial charge in [0.1, 0.15) is 5.54 Å². The van der Waals surface area contributed by atoms with Crippen LogP contribution in [0.4, 0.5) is 0 Å².